The van der Waals surface area contributed by atoms with Crippen molar-refractivity contribution in [1.82, 2.24) is 19.8 Å². The van der Waals surface area contributed by atoms with Gasteiger partial charge in [-0.3, -0.25) is 0 Å². The lowest BCUT2D eigenvalue weighted by atomic mass is 10.1. The van der Waals surface area contributed by atoms with Crippen molar-refractivity contribution in [3.63, 3.8) is 0 Å². The van der Waals surface area contributed by atoms with Crippen LogP contribution in [0, 0.1) is 13.8 Å². The smallest absolute Gasteiger partial charge is 0.317 e. The highest BCUT2D eigenvalue weighted by Crippen LogP contribution is 2.16. The van der Waals surface area contributed by atoms with Gasteiger partial charge in [-0.05, 0) is 68.1 Å². The van der Waals surface area contributed by atoms with E-state index in [0.717, 1.165) is 41.2 Å². The molecule has 1 heterocycles. The number of aryl methyl sites for hydroxylation is 3. The minimum atomic E-state index is -0.0986. The number of urea groups is 1. The Kier molecular flexibility index (Phi) is 9.18. The number of carbonyl (C=O) groups excluding carboxylic acids is 1. The Bertz CT molecular complexity index is 967. The molecule has 0 aliphatic carbocycles. The van der Waals surface area contributed by atoms with E-state index >= 15 is 0 Å². The highest BCUT2D eigenvalue weighted by Gasteiger charge is 2.14. The maximum Gasteiger partial charge on any atom is 0.317 e. The molecule has 2 aromatic carbocycles. The van der Waals surface area contributed by atoms with Crippen molar-refractivity contribution >= 4 is 6.03 Å². The summed E-state index contributed by atoms with van der Waals surface area (Å²) in [5.41, 5.74) is 3.38. The van der Waals surface area contributed by atoms with E-state index in [4.69, 9.17) is 9.47 Å². The lowest BCUT2D eigenvalue weighted by Crippen LogP contribution is -2.41. The van der Waals surface area contributed by atoms with E-state index < -0.39 is 0 Å². The molecule has 0 fully saturated rings. The third kappa shape index (κ3) is 8.18. The number of aromatic nitrogens is 2. The van der Waals surface area contributed by atoms with Crippen molar-refractivity contribution in [2.75, 3.05) is 26.3 Å². The summed E-state index contributed by atoms with van der Waals surface area (Å²) in [4.78, 5) is 18.9. The number of nitrogens with zero attached hydrogens (tertiary/aromatic N) is 3. The largest absolute Gasteiger partial charge is 0.494 e. The van der Waals surface area contributed by atoms with E-state index in [-0.39, 0.29) is 6.03 Å². The second-order valence-electron chi connectivity index (χ2n) is 8.06. The first kappa shape index (κ1) is 24.2. The Morgan fingerprint density at radius 1 is 1.06 bits per heavy atom. The Labute approximate surface area is 196 Å². The van der Waals surface area contributed by atoms with Gasteiger partial charge in [-0.2, -0.15) is 0 Å². The van der Waals surface area contributed by atoms with Crippen LogP contribution in [0.1, 0.15) is 30.0 Å². The fourth-order valence-electron chi connectivity index (χ4n) is 3.65. The van der Waals surface area contributed by atoms with Crippen molar-refractivity contribution in [3.05, 3.63) is 77.9 Å². The molecule has 0 bridgehead atoms. The van der Waals surface area contributed by atoms with Gasteiger partial charge in [-0.15, -0.1) is 0 Å². The number of carbonyl (C=O) groups is 1. The number of imidazole rings is 1. The normalized spacial score (nSPS) is 10.6. The summed E-state index contributed by atoms with van der Waals surface area (Å²) in [6, 6.07) is 13.9. The average molecular weight is 451 g/mol. The van der Waals surface area contributed by atoms with Crippen molar-refractivity contribution in [2.24, 2.45) is 0 Å². The lowest BCUT2D eigenvalue weighted by molar-refractivity contribution is 0.190. The van der Waals surface area contributed by atoms with Gasteiger partial charge >= 0.3 is 6.03 Å². The van der Waals surface area contributed by atoms with E-state index in [1.54, 1.807) is 12.5 Å². The van der Waals surface area contributed by atoms with Gasteiger partial charge in [0.1, 0.15) is 18.1 Å². The van der Waals surface area contributed by atoms with Crippen molar-refractivity contribution in [3.8, 4) is 11.5 Å². The molecule has 7 heteroatoms. The number of benzene rings is 2. The first-order valence-corrected chi connectivity index (χ1v) is 11.4. The number of ether oxygens (including phenoxy) is 2. The molecule has 1 aromatic heterocycles. The summed E-state index contributed by atoms with van der Waals surface area (Å²) >= 11 is 0. The highest BCUT2D eigenvalue weighted by atomic mass is 16.5. The monoisotopic (exact) mass is 450 g/mol. The molecule has 7 nitrogen and oxygen atoms in total. The number of rotatable bonds is 12. The molecular formula is C26H34N4O3. The summed E-state index contributed by atoms with van der Waals surface area (Å²) in [5, 5.41) is 3.00. The van der Waals surface area contributed by atoms with Gasteiger partial charge in [-0.25, -0.2) is 9.78 Å². The zero-order valence-electron chi connectivity index (χ0n) is 19.8. The van der Waals surface area contributed by atoms with Crippen LogP contribution in [0.25, 0.3) is 0 Å². The molecule has 0 atom stereocenters. The summed E-state index contributed by atoms with van der Waals surface area (Å²) < 4.78 is 13.4. The predicted octanol–water partition coefficient (Wildman–Crippen LogP) is 4.58. The first-order chi connectivity index (χ1) is 16.0. The van der Waals surface area contributed by atoms with Gasteiger partial charge < -0.3 is 24.3 Å². The van der Waals surface area contributed by atoms with Crippen LogP contribution in [0.2, 0.25) is 0 Å². The molecule has 0 aliphatic heterocycles. The summed E-state index contributed by atoms with van der Waals surface area (Å²) in [7, 11) is 0. The van der Waals surface area contributed by atoms with Crippen LogP contribution in [0.15, 0.2) is 61.2 Å². The summed E-state index contributed by atoms with van der Waals surface area (Å²) in [6.07, 6.45) is 6.32. The standard InChI is InChI=1S/C26H34N4O3/c1-4-32-24-8-6-23(7-9-24)19-30(13-5-12-29-14-10-27-20-29)26(31)28-11-15-33-25-17-21(2)16-22(3)18-25/h6-10,14,16-18,20H,4-5,11-13,15,19H2,1-3H3,(H,28,31). The molecule has 33 heavy (non-hydrogen) atoms. The van der Waals surface area contributed by atoms with Crippen LogP contribution >= 0.6 is 0 Å². The lowest BCUT2D eigenvalue weighted by Gasteiger charge is -2.23. The maximum absolute atomic E-state index is 12.9. The Morgan fingerprint density at radius 2 is 1.82 bits per heavy atom. The second kappa shape index (κ2) is 12.5. The maximum atomic E-state index is 12.9. The third-order valence-electron chi connectivity index (χ3n) is 5.14. The van der Waals surface area contributed by atoms with E-state index in [1.807, 2.05) is 72.8 Å². The van der Waals surface area contributed by atoms with Crippen LogP contribution in [0.3, 0.4) is 0 Å². The van der Waals surface area contributed by atoms with Gasteiger partial charge in [-0.1, -0.05) is 18.2 Å². The first-order valence-electron chi connectivity index (χ1n) is 11.4. The molecule has 0 aliphatic rings. The molecule has 0 spiro atoms. The minimum absolute atomic E-state index is 0.0986. The highest BCUT2D eigenvalue weighted by molar-refractivity contribution is 5.74. The third-order valence-corrected chi connectivity index (χ3v) is 5.14. The number of amides is 2. The van der Waals surface area contributed by atoms with Gasteiger partial charge in [0.2, 0.25) is 0 Å². The van der Waals surface area contributed by atoms with E-state index in [1.165, 1.54) is 0 Å². The number of hydrogen-bond donors (Lipinski definition) is 1. The molecule has 3 aromatic rings. The van der Waals surface area contributed by atoms with Gasteiger partial charge in [0.15, 0.2) is 0 Å². The van der Waals surface area contributed by atoms with Crippen LogP contribution in [-0.4, -0.2) is 46.8 Å². The van der Waals surface area contributed by atoms with Crippen molar-refractivity contribution in [2.45, 2.75) is 40.3 Å². The Morgan fingerprint density at radius 3 is 2.48 bits per heavy atom. The molecule has 0 saturated heterocycles. The summed E-state index contributed by atoms with van der Waals surface area (Å²) in [5.74, 6) is 1.66. The average Bonchev–Trinajstić information content (AvgIpc) is 3.30. The topological polar surface area (TPSA) is 68.6 Å². The molecule has 1 N–H and O–H groups in total. The molecule has 3 rings (SSSR count). The van der Waals surface area contributed by atoms with Gasteiger partial charge in [0, 0.05) is 32.0 Å². The van der Waals surface area contributed by atoms with E-state index in [9.17, 15) is 4.79 Å². The predicted molar refractivity (Wildman–Crippen MR) is 130 cm³/mol. The SMILES string of the molecule is CCOc1ccc(CN(CCCn2ccnc2)C(=O)NCCOc2cc(C)cc(C)c2)cc1. The van der Waals surface area contributed by atoms with Crippen LogP contribution < -0.4 is 14.8 Å². The van der Waals surface area contributed by atoms with Gasteiger partial charge in [0.05, 0.1) is 19.5 Å². The molecule has 176 valence electrons. The molecule has 2 amide bonds. The molecular weight excluding hydrogens is 416 g/mol. The molecule has 0 saturated carbocycles. The quantitative estimate of drug-likeness (QED) is 0.410. The number of hydrogen-bond acceptors (Lipinski definition) is 4. The van der Waals surface area contributed by atoms with E-state index in [2.05, 4.69) is 16.4 Å². The van der Waals surface area contributed by atoms with Crippen molar-refractivity contribution in [1.29, 1.82) is 0 Å². The molecule has 0 unspecified atom stereocenters. The van der Waals surface area contributed by atoms with Crippen LogP contribution in [0.5, 0.6) is 11.5 Å². The van der Waals surface area contributed by atoms with Crippen molar-refractivity contribution < 1.29 is 14.3 Å². The van der Waals surface area contributed by atoms with Crippen LogP contribution in [-0.2, 0) is 13.1 Å². The van der Waals surface area contributed by atoms with E-state index in [0.29, 0.717) is 32.8 Å². The Balaban J connectivity index is 1.53. The molecule has 0 radical (unpaired) electrons. The fourth-order valence-corrected chi connectivity index (χ4v) is 3.65. The second-order valence-corrected chi connectivity index (χ2v) is 8.06. The zero-order chi connectivity index (χ0) is 23.5. The summed E-state index contributed by atoms with van der Waals surface area (Å²) in [6.45, 7) is 9.51. The van der Waals surface area contributed by atoms with Gasteiger partial charge in [0.25, 0.3) is 0 Å². The minimum Gasteiger partial charge on any atom is -0.494 e. The Hall–Kier alpha value is -3.48. The van der Waals surface area contributed by atoms with Crippen LogP contribution in [0.4, 0.5) is 4.79 Å². The zero-order valence-corrected chi connectivity index (χ0v) is 19.8. The number of nitrogens with one attached hydrogen (secondary N) is 1. The fraction of sp³-hybridized carbons (Fsp3) is 0.385.